The van der Waals surface area contributed by atoms with E-state index in [1.54, 1.807) is 12.2 Å². The van der Waals surface area contributed by atoms with Gasteiger partial charge in [0.15, 0.2) is 0 Å². The minimum atomic E-state index is -0.834. The zero-order valence-corrected chi connectivity index (χ0v) is 16.9. The third-order valence-electron chi connectivity index (χ3n) is 6.45. The number of amides is 4. The lowest BCUT2D eigenvalue weighted by Crippen LogP contribution is -2.51. The van der Waals surface area contributed by atoms with Crippen molar-refractivity contribution in [3.05, 3.63) is 25.3 Å². The molecule has 6 heteroatoms. The van der Waals surface area contributed by atoms with Gasteiger partial charge >= 0.3 is 6.03 Å². The molecule has 1 heterocycles. The number of carbonyl (C=O) groups is 3. The molecule has 150 valence electrons. The number of rotatable bonds is 8. The topological polar surface area (TPSA) is 69.7 Å². The van der Waals surface area contributed by atoms with Crippen LogP contribution >= 0.6 is 0 Å². The van der Waals surface area contributed by atoms with E-state index in [1.807, 2.05) is 0 Å². The molecule has 0 aromatic rings. The Morgan fingerprint density at radius 3 is 2.30 bits per heavy atom. The second kappa shape index (κ2) is 8.28. The zero-order chi connectivity index (χ0) is 20.2. The third kappa shape index (κ3) is 4.25. The molecule has 1 saturated carbocycles. The molecule has 2 rings (SSSR count). The molecule has 27 heavy (non-hydrogen) atoms. The monoisotopic (exact) mass is 375 g/mol. The first kappa shape index (κ1) is 21.2. The molecule has 1 spiro atoms. The van der Waals surface area contributed by atoms with Crippen molar-refractivity contribution in [2.45, 2.75) is 58.4 Å². The Hall–Kier alpha value is -2.11. The summed E-state index contributed by atoms with van der Waals surface area (Å²) in [4.78, 5) is 40.6. The normalized spacial score (nSPS) is 25.4. The molecule has 1 N–H and O–H groups in total. The van der Waals surface area contributed by atoms with Gasteiger partial charge in [0.1, 0.15) is 12.1 Å². The van der Waals surface area contributed by atoms with Crippen LogP contribution in [-0.4, -0.2) is 52.8 Å². The molecular weight excluding hydrogens is 342 g/mol. The Balaban J connectivity index is 2.06. The van der Waals surface area contributed by atoms with E-state index >= 15 is 0 Å². The van der Waals surface area contributed by atoms with E-state index in [1.165, 1.54) is 4.90 Å². The molecule has 0 radical (unpaired) electrons. The highest BCUT2D eigenvalue weighted by Crippen LogP contribution is 2.45. The molecule has 0 aromatic carbocycles. The maximum absolute atomic E-state index is 13.0. The summed E-state index contributed by atoms with van der Waals surface area (Å²) < 4.78 is 0. The minimum absolute atomic E-state index is 0.235. The van der Waals surface area contributed by atoms with Gasteiger partial charge in [-0.3, -0.25) is 14.5 Å². The van der Waals surface area contributed by atoms with Gasteiger partial charge in [0.25, 0.3) is 5.91 Å². The van der Waals surface area contributed by atoms with E-state index in [9.17, 15) is 14.4 Å². The summed E-state index contributed by atoms with van der Waals surface area (Å²) in [6, 6.07) is -0.460. The SMILES string of the molecule is C=CCN(CC=C)C(=O)CN1C(=O)NC2(CCC(C(C)(C)CC)CC2)C1=O. The lowest BCUT2D eigenvalue weighted by molar-refractivity contribution is -0.139. The van der Waals surface area contributed by atoms with Crippen molar-refractivity contribution in [1.29, 1.82) is 0 Å². The van der Waals surface area contributed by atoms with Gasteiger partial charge in [-0.25, -0.2) is 4.79 Å². The average Bonchev–Trinajstić information content (AvgIpc) is 2.86. The predicted octanol–water partition coefficient (Wildman–Crippen LogP) is 3.10. The summed E-state index contributed by atoms with van der Waals surface area (Å²) >= 11 is 0. The zero-order valence-electron chi connectivity index (χ0n) is 16.9. The highest BCUT2D eigenvalue weighted by molar-refractivity contribution is 6.09. The summed E-state index contributed by atoms with van der Waals surface area (Å²) in [5.74, 6) is 0.00564. The number of imide groups is 1. The van der Waals surface area contributed by atoms with Crippen LogP contribution in [0.4, 0.5) is 4.79 Å². The quantitative estimate of drug-likeness (QED) is 0.523. The van der Waals surface area contributed by atoms with Gasteiger partial charge < -0.3 is 10.2 Å². The van der Waals surface area contributed by atoms with Gasteiger partial charge in [-0.05, 0) is 37.0 Å². The van der Waals surface area contributed by atoms with E-state index in [-0.39, 0.29) is 23.8 Å². The fraction of sp³-hybridized carbons (Fsp3) is 0.667. The molecule has 4 amide bonds. The molecule has 2 aliphatic rings. The van der Waals surface area contributed by atoms with Crippen LogP contribution in [0, 0.1) is 11.3 Å². The van der Waals surface area contributed by atoms with Crippen molar-refractivity contribution in [1.82, 2.24) is 15.1 Å². The molecule has 0 aromatic heterocycles. The Morgan fingerprint density at radius 2 is 1.81 bits per heavy atom. The summed E-state index contributed by atoms with van der Waals surface area (Å²) in [5.41, 5.74) is -0.599. The predicted molar refractivity (Wildman–Crippen MR) is 106 cm³/mol. The van der Waals surface area contributed by atoms with E-state index in [0.717, 1.165) is 24.2 Å². The molecule has 1 aliphatic heterocycles. The molecule has 0 bridgehead atoms. The first-order valence-electron chi connectivity index (χ1n) is 9.84. The summed E-state index contributed by atoms with van der Waals surface area (Å²) in [5, 5.41) is 2.89. The first-order chi connectivity index (χ1) is 12.7. The van der Waals surface area contributed by atoms with E-state index in [4.69, 9.17) is 0 Å². The summed E-state index contributed by atoms with van der Waals surface area (Å²) in [7, 11) is 0. The van der Waals surface area contributed by atoms with Gasteiger partial charge in [-0.1, -0.05) is 39.3 Å². The number of hydrogen-bond acceptors (Lipinski definition) is 3. The van der Waals surface area contributed by atoms with Crippen LogP contribution in [0.25, 0.3) is 0 Å². The highest BCUT2D eigenvalue weighted by atomic mass is 16.2. The van der Waals surface area contributed by atoms with Gasteiger partial charge in [0, 0.05) is 13.1 Å². The van der Waals surface area contributed by atoms with E-state index in [2.05, 4.69) is 39.2 Å². The lowest BCUT2D eigenvalue weighted by Gasteiger charge is -2.42. The smallest absolute Gasteiger partial charge is 0.325 e. The number of nitrogens with zero attached hydrogens (tertiary/aromatic N) is 2. The fourth-order valence-electron chi connectivity index (χ4n) is 4.16. The van der Waals surface area contributed by atoms with Crippen molar-refractivity contribution in [2.24, 2.45) is 11.3 Å². The number of carbonyl (C=O) groups excluding carboxylic acids is 3. The summed E-state index contributed by atoms with van der Waals surface area (Å²) in [6.45, 7) is 14.5. The molecule has 2 fully saturated rings. The Bertz CT molecular complexity index is 608. The van der Waals surface area contributed by atoms with Crippen molar-refractivity contribution in [2.75, 3.05) is 19.6 Å². The van der Waals surface area contributed by atoms with Crippen LogP contribution in [0.3, 0.4) is 0 Å². The maximum Gasteiger partial charge on any atom is 0.325 e. The van der Waals surface area contributed by atoms with Crippen LogP contribution in [-0.2, 0) is 9.59 Å². The Morgan fingerprint density at radius 1 is 1.26 bits per heavy atom. The number of hydrogen-bond donors (Lipinski definition) is 1. The maximum atomic E-state index is 13.0. The first-order valence-corrected chi connectivity index (χ1v) is 9.84. The highest BCUT2D eigenvalue weighted by Gasteiger charge is 2.53. The molecule has 0 atom stereocenters. The molecule has 6 nitrogen and oxygen atoms in total. The standard InChI is InChI=1S/C21H33N3O3/c1-6-13-23(14-7-2)17(25)15-24-18(26)21(22-19(24)27)11-9-16(10-12-21)20(4,5)8-3/h6-7,16H,1-2,8-15H2,3-5H3,(H,22,27). The lowest BCUT2D eigenvalue weighted by atomic mass is 9.65. The van der Waals surface area contributed by atoms with Crippen molar-refractivity contribution >= 4 is 17.8 Å². The van der Waals surface area contributed by atoms with Crippen LogP contribution < -0.4 is 5.32 Å². The van der Waals surface area contributed by atoms with Gasteiger partial charge in [-0.2, -0.15) is 0 Å². The average molecular weight is 376 g/mol. The van der Waals surface area contributed by atoms with E-state index < -0.39 is 11.6 Å². The third-order valence-corrected chi connectivity index (χ3v) is 6.45. The van der Waals surface area contributed by atoms with Gasteiger partial charge in [-0.15, -0.1) is 13.2 Å². The van der Waals surface area contributed by atoms with Crippen molar-refractivity contribution in [3.8, 4) is 0 Å². The van der Waals surface area contributed by atoms with Crippen LogP contribution in [0.2, 0.25) is 0 Å². The number of nitrogens with one attached hydrogen (secondary N) is 1. The van der Waals surface area contributed by atoms with Crippen molar-refractivity contribution < 1.29 is 14.4 Å². The second-order valence-corrected chi connectivity index (χ2v) is 8.40. The fourth-order valence-corrected chi connectivity index (χ4v) is 4.16. The number of urea groups is 1. The molecule has 1 saturated heterocycles. The van der Waals surface area contributed by atoms with Crippen molar-refractivity contribution in [3.63, 3.8) is 0 Å². The Kier molecular flexibility index (Phi) is 6.50. The minimum Gasteiger partial charge on any atom is -0.334 e. The molecular formula is C21H33N3O3. The van der Waals surface area contributed by atoms with Gasteiger partial charge in [0.05, 0.1) is 0 Å². The molecule has 0 unspecified atom stereocenters. The second-order valence-electron chi connectivity index (χ2n) is 8.40. The summed E-state index contributed by atoms with van der Waals surface area (Å²) in [6.07, 6.45) is 7.42. The Labute approximate surface area is 162 Å². The van der Waals surface area contributed by atoms with Crippen LogP contribution in [0.1, 0.15) is 52.9 Å². The molecule has 1 aliphatic carbocycles. The van der Waals surface area contributed by atoms with Crippen LogP contribution in [0.15, 0.2) is 25.3 Å². The van der Waals surface area contributed by atoms with E-state index in [0.29, 0.717) is 31.8 Å². The van der Waals surface area contributed by atoms with Crippen LogP contribution in [0.5, 0.6) is 0 Å². The largest absolute Gasteiger partial charge is 0.334 e. The van der Waals surface area contributed by atoms with Gasteiger partial charge in [0.2, 0.25) is 5.91 Å².